The smallest absolute Gasteiger partial charge is 0.322 e. The zero-order valence-corrected chi connectivity index (χ0v) is 9.53. The van der Waals surface area contributed by atoms with E-state index in [1.165, 1.54) is 7.11 Å². The summed E-state index contributed by atoms with van der Waals surface area (Å²) in [6.45, 7) is 2.58. The van der Waals surface area contributed by atoms with E-state index >= 15 is 0 Å². The Morgan fingerprint density at radius 1 is 1.60 bits per heavy atom. The number of carbonyl (C=O) groups is 1. The van der Waals surface area contributed by atoms with E-state index in [0.29, 0.717) is 5.92 Å². The number of aliphatic hydroxyl groups excluding tert-OH is 1. The first kappa shape index (κ1) is 12.5. The average molecular weight is 215 g/mol. The molecule has 0 bridgehead atoms. The van der Waals surface area contributed by atoms with Crippen molar-refractivity contribution in [3.05, 3.63) is 0 Å². The molecule has 0 saturated heterocycles. The Balaban J connectivity index is 2.21. The van der Waals surface area contributed by atoms with Crippen LogP contribution in [0, 0.1) is 5.92 Å². The maximum Gasteiger partial charge on any atom is 0.322 e. The first-order chi connectivity index (χ1) is 7.13. The lowest BCUT2D eigenvalue weighted by molar-refractivity contribution is -0.142. The van der Waals surface area contributed by atoms with Crippen LogP contribution in [0.4, 0.5) is 0 Å². The van der Waals surface area contributed by atoms with Gasteiger partial charge in [-0.25, -0.2) is 0 Å². The van der Waals surface area contributed by atoms with Crippen LogP contribution in [0.25, 0.3) is 0 Å². The second-order valence-corrected chi connectivity index (χ2v) is 4.34. The number of esters is 1. The molecule has 0 amide bonds. The van der Waals surface area contributed by atoms with Crippen LogP contribution in [-0.4, -0.2) is 36.9 Å². The molecule has 0 heterocycles. The van der Waals surface area contributed by atoms with Gasteiger partial charge in [-0.3, -0.25) is 4.79 Å². The summed E-state index contributed by atoms with van der Waals surface area (Å²) < 4.78 is 4.62. The molecule has 0 spiro atoms. The molecule has 0 radical (unpaired) electrons. The lowest BCUT2D eigenvalue weighted by Gasteiger charge is -2.26. The molecule has 88 valence electrons. The summed E-state index contributed by atoms with van der Waals surface area (Å²) in [4.78, 5) is 11.1. The molecule has 0 aromatic carbocycles. The summed E-state index contributed by atoms with van der Waals surface area (Å²) in [6, 6.07) is -0.255. The summed E-state index contributed by atoms with van der Waals surface area (Å²) in [5, 5.41) is 12.6. The average Bonchev–Trinajstić information content (AvgIpc) is 2.25. The van der Waals surface area contributed by atoms with Crippen molar-refractivity contribution in [3.63, 3.8) is 0 Å². The Bertz CT molecular complexity index is 208. The standard InChI is InChI=1S/C11H21NO3/c1-8(11(14)15-2)12-7-9-4-3-5-10(13)6-9/h8-10,12-13H,3-7H2,1-2H3. The fraction of sp³-hybridized carbons (Fsp3) is 0.909. The van der Waals surface area contributed by atoms with Crippen LogP contribution < -0.4 is 5.32 Å². The first-order valence-corrected chi connectivity index (χ1v) is 5.62. The fourth-order valence-corrected chi connectivity index (χ4v) is 2.05. The third-order valence-electron chi connectivity index (χ3n) is 3.02. The number of hydrogen-bond acceptors (Lipinski definition) is 4. The highest BCUT2D eigenvalue weighted by molar-refractivity contribution is 5.75. The summed E-state index contributed by atoms with van der Waals surface area (Å²) in [5.41, 5.74) is 0. The van der Waals surface area contributed by atoms with Gasteiger partial charge in [0.05, 0.1) is 13.2 Å². The summed E-state index contributed by atoms with van der Waals surface area (Å²) >= 11 is 0. The lowest BCUT2D eigenvalue weighted by Crippen LogP contribution is -2.39. The van der Waals surface area contributed by atoms with E-state index in [2.05, 4.69) is 10.1 Å². The molecule has 3 atom stereocenters. The molecule has 0 aliphatic heterocycles. The van der Waals surface area contributed by atoms with Crippen LogP contribution in [0.2, 0.25) is 0 Å². The third-order valence-corrected chi connectivity index (χ3v) is 3.02. The van der Waals surface area contributed by atoms with Crippen molar-refractivity contribution in [1.29, 1.82) is 0 Å². The molecule has 1 saturated carbocycles. The van der Waals surface area contributed by atoms with E-state index < -0.39 is 0 Å². The van der Waals surface area contributed by atoms with Gasteiger partial charge in [0.25, 0.3) is 0 Å². The Morgan fingerprint density at radius 3 is 2.93 bits per heavy atom. The maximum atomic E-state index is 11.1. The largest absolute Gasteiger partial charge is 0.468 e. The molecule has 3 unspecified atom stereocenters. The van der Waals surface area contributed by atoms with E-state index in [4.69, 9.17) is 0 Å². The number of aliphatic hydroxyl groups is 1. The Kier molecular flexibility index (Phi) is 5.05. The number of methoxy groups -OCH3 is 1. The van der Waals surface area contributed by atoms with Crippen molar-refractivity contribution >= 4 is 5.97 Å². The van der Waals surface area contributed by atoms with Crippen molar-refractivity contribution in [1.82, 2.24) is 5.32 Å². The molecule has 1 aliphatic carbocycles. The number of hydrogen-bond donors (Lipinski definition) is 2. The van der Waals surface area contributed by atoms with E-state index in [9.17, 15) is 9.90 Å². The molecular weight excluding hydrogens is 194 g/mol. The predicted octanol–water partition coefficient (Wildman–Crippen LogP) is 0.689. The number of nitrogens with one attached hydrogen (secondary N) is 1. The van der Waals surface area contributed by atoms with Crippen LogP contribution >= 0.6 is 0 Å². The van der Waals surface area contributed by atoms with E-state index in [1.807, 2.05) is 0 Å². The topological polar surface area (TPSA) is 58.6 Å². The first-order valence-electron chi connectivity index (χ1n) is 5.62. The van der Waals surface area contributed by atoms with Gasteiger partial charge >= 0.3 is 5.97 Å². The van der Waals surface area contributed by atoms with Crippen LogP contribution in [0.5, 0.6) is 0 Å². The number of rotatable bonds is 4. The number of carbonyl (C=O) groups excluding carboxylic acids is 1. The van der Waals surface area contributed by atoms with Gasteiger partial charge in [0.2, 0.25) is 0 Å². The molecule has 0 aromatic rings. The second kappa shape index (κ2) is 6.08. The maximum absolute atomic E-state index is 11.1. The fourth-order valence-electron chi connectivity index (χ4n) is 2.05. The van der Waals surface area contributed by atoms with Crippen LogP contribution in [-0.2, 0) is 9.53 Å². The normalized spacial score (nSPS) is 28.5. The van der Waals surface area contributed by atoms with Crippen LogP contribution in [0.1, 0.15) is 32.6 Å². The summed E-state index contributed by atoms with van der Waals surface area (Å²) in [6.07, 6.45) is 3.83. The van der Waals surface area contributed by atoms with Gasteiger partial charge < -0.3 is 15.2 Å². The van der Waals surface area contributed by atoms with Crippen molar-refractivity contribution < 1.29 is 14.6 Å². The zero-order chi connectivity index (χ0) is 11.3. The molecule has 4 nitrogen and oxygen atoms in total. The van der Waals surface area contributed by atoms with Crippen molar-refractivity contribution in [2.45, 2.75) is 44.8 Å². The minimum Gasteiger partial charge on any atom is -0.468 e. The van der Waals surface area contributed by atoms with E-state index in [0.717, 1.165) is 32.2 Å². The molecule has 2 N–H and O–H groups in total. The van der Waals surface area contributed by atoms with Gasteiger partial charge in [-0.05, 0) is 38.6 Å². The monoisotopic (exact) mass is 215 g/mol. The minimum atomic E-state index is -0.255. The molecule has 1 fully saturated rings. The van der Waals surface area contributed by atoms with Crippen LogP contribution in [0.15, 0.2) is 0 Å². The minimum absolute atomic E-state index is 0.154. The zero-order valence-electron chi connectivity index (χ0n) is 9.53. The molecular formula is C11H21NO3. The Labute approximate surface area is 91.0 Å². The van der Waals surface area contributed by atoms with Gasteiger partial charge in [-0.1, -0.05) is 6.42 Å². The second-order valence-electron chi connectivity index (χ2n) is 4.34. The van der Waals surface area contributed by atoms with Crippen molar-refractivity contribution in [2.24, 2.45) is 5.92 Å². The Hall–Kier alpha value is -0.610. The highest BCUT2D eigenvalue weighted by atomic mass is 16.5. The SMILES string of the molecule is COC(=O)C(C)NCC1CCCC(O)C1. The van der Waals surface area contributed by atoms with Gasteiger partial charge in [-0.2, -0.15) is 0 Å². The van der Waals surface area contributed by atoms with Crippen molar-refractivity contribution in [2.75, 3.05) is 13.7 Å². The highest BCUT2D eigenvalue weighted by Crippen LogP contribution is 2.23. The van der Waals surface area contributed by atoms with Crippen LogP contribution in [0.3, 0.4) is 0 Å². The van der Waals surface area contributed by atoms with Gasteiger partial charge in [0, 0.05) is 0 Å². The third kappa shape index (κ3) is 4.18. The quantitative estimate of drug-likeness (QED) is 0.677. The molecule has 0 aromatic heterocycles. The van der Waals surface area contributed by atoms with Crippen molar-refractivity contribution in [3.8, 4) is 0 Å². The summed E-state index contributed by atoms with van der Waals surface area (Å²) in [5.74, 6) is 0.257. The highest BCUT2D eigenvalue weighted by Gasteiger charge is 2.21. The van der Waals surface area contributed by atoms with Gasteiger partial charge in [0.1, 0.15) is 6.04 Å². The lowest BCUT2D eigenvalue weighted by atomic mass is 9.87. The van der Waals surface area contributed by atoms with Gasteiger partial charge in [-0.15, -0.1) is 0 Å². The molecule has 4 heteroatoms. The van der Waals surface area contributed by atoms with E-state index in [-0.39, 0.29) is 18.1 Å². The van der Waals surface area contributed by atoms with E-state index in [1.54, 1.807) is 6.92 Å². The predicted molar refractivity (Wildman–Crippen MR) is 57.4 cm³/mol. The number of ether oxygens (including phenoxy) is 1. The molecule has 1 aliphatic rings. The summed E-state index contributed by atoms with van der Waals surface area (Å²) in [7, 11) is 1.39. The Morgan fingerprint density at radius 2 is 2.33 bits per heavy atom. The molecule has 1 rings (SSSR count). The molecule has 15 heavy (non-hydrogen) atoms. The van der Waals surface area contributed by atoms with Gasteiger partial charge in [0.15, 0.2) is 0 Å².